The Kier molecular flexibility index (Phi) is 8.54. The predicted molar refractivity (Wildman–Crippen MR) is 135 cm³/mol. The van der Waals surface area contributed by atoms with Crippen LogP contribution in [-0.2, 0) is 0 Å². The van der Waals surface area contributed by atoms with Crippen LogP contribution in [0.1, 0.15) is 24.2 Å². The minimum Gasteiger partial charge on any atom is -0.493 e. The third-order valence-electron chi connectivity index (χ3n) is 5.09. The Hall–Kier alpha value is -1.87. The number of ether oxygens (including phenoxy) is 1. The number of benzene rings is 2. The number of piperazine rings is 1. The molecule has 2 aromatic rings. The molecular weight excluding hydrogens is 500 g/mol. The van der Waals surface area contributed by atoms with E-state index in [1.54, 1.807) is 18.2 Å². The maximum Gasteiger partial charge on any atom is 0.257 e. The van der Waals surface area contributed by atoms with Gasteiger partial charge in [0.2, 0.25) is 0 Å². The second-order valence-electron chi connectivity index (χ2n) is 7.04. The van der Waals surface area contributed by atoms with Crippen molar-refractivity contribution in [3.8, 4) is 5.75 Å². The summed E-state index contributed by atoms with van der Waals surface area (Å²) in [7, 11) is 0. The molecule has 0 unspecified atom stereocenters. The third kappa shape index (κ3) is 6.10. The number of rotatable bonds is 6. The van der Waals surface area contributed by atoms with Crippen LogP contribution >= 0.6 is 39.7 Å². The number of thiocarbonyl (C=S) groups is 1. The zero-order chi connectivity index (χ0) is 22.4. The predicted octanol–water partition coefficient (Wildman–Crippen LogP) is 4.77. The summed E-state index contributed by atoms with van der Waals surface area (Å²) in [4.78, 5) is 17.3. The summed E-state index contributed by atoms with van der Waals surface area (Å²) in [5.74, 6) is 0.382. The van der Waals surface area contributed by atoms with Crippen molar-refractivity contribution in [2.24, 2.45) is 0 Å². The molecule has 6 nitrogen and oxygen atoms in total. The van der Waals surface area contributed by atoms with Gasteiger partial charge in [-0.1, -0.05) is 24.6 Å². The van der Waals surface area contributed by atoms with Gasteiger partial charge in [0.1, 0.15) is 5.75 Å². The summed E-state index contributed by atoms with van der Waals surface area (Å²) in [5.41, 5.74) is 2.15. The van der Waals surface area contributed by atoms with Gasteiger partial charge in [0.05, 0.1) is 27.5 Å². The van der Waals surface area contributed by atoms with Crippen molar-refractivity contribution in [1.29, 1.82) is 0 Å². The highest BCUT2D eigenvalue weighted by Crippen LogP contribution is 2.34. The number of likely N-dealkylation sites (N-methyl/N-ethyl adjacent to an activating group) is 1. The van der Waals surface area contributed by atoms with E-state index < -0.39 is 0 Å². The second-order valence-corrected chi connectivity index (χ2v) is 8.71. The molecule has 9 heteroatoms. The number of amides is 1. The van der Waals surface area contributed by atoms with E-state index in [1.165, 1.54) is 0 Å². The molecule has 2 aromatic carbocycles. The van der Waals surface area contributed by atoms with Gasteiger partial charge in [-0.25, -0.2) is 0 Å². The average Bonchev–Trinajstić information content (AvgIpc) is 2.75. The van der Waals surface area contributed by atoms with Crippen LogP contribution in [0.4, 0.5) is 11.4 Å². The third-order valence-corrected chi connectivity index (χ3v) is 6.22. The molecule has 1 heterocycles. The number of hydrogen-bond donors (Lipinski definition) is 2. The lowest BCUT2D eigenvalue weighted by Crippen LogP contribution is -2.46. The maximum absolute atomic E-state index is 12.6. The van der Waals surface area contributed by atoms with Crippen molar-refractivity contribution in [1.82, 2.24) is 10.2 Å². The number of nitrogens with zero attached hydrogens (tertiary/aromatic N) is 2. The number of anilines is 2. The van der Waals surface area contributed by atoms with Crippen molar-refractivity contribution in [2.45, 2.75) is 13.8 Å². The Labute approximate surface area is 202 Å². The van der Waals surface area contributed by atoms with Crippen molar-refractivity contribution >= 4 is 62.1 Å². The van der Waals surface area contributed by atoms with Gasteiger partial charge in [0, 0.05) is 31.7 Å². The van der Waals surface area contributed by atoms with E-state index in [2.05, 4.69) is 43.3 Å². The lowest BCUT2D eigenvalue weighted by molar-refractivity contribution is 0.0977. The molecule has 2 N–H and O–H groups in total. The van der Waals surface area contributed by atoms with Crippen molar-refractivity contribution < 1.29 is 9.53 Å². The average molecular weight is 526 g/mol. The van der Waals surface area contributed by atoms with E-state index in [4.69, 9.17) is 28.6 Å². The molecule has 166 valence electrons. The fourth-order valence-electron chi connectivity index (χ4n) is 3.47. The Bertz CT molecular complexity index is 951. The van der Waals surface area contributed by atoms with E-state index in [1.807, 2.05) is 25.1 Å². The van der Waals surface area contributed by atoms with E-state index >= 15 is 0 Å². The lowest BCUT2D eigenvalue weighted by atomic mass is 10.2. The topological polar surface area (TPSA) is 56.8 Å². The smallest absolute Gasteiger partial charge is 0.257 e. The van der Waals surface area contributed by atoms with Gasteiger partial charge in [-0.15, -0.1) is 0 Å². The SMILES string of the molecule is CCOc1ccc(C(=O)NC(=S)Nc2cccc(Cl)c2N2CCN(CC)CC2)cc1Br. The fourth-order valence-corrected chi connectivity index (χ4v) is 4.46. The highest BCUT2D eigenvalue weighted by atomic mass is 79.9. The van der Waals surface area contributed by atoms with Crippen LogP contribution in [0.25, 0.3) is 0 Å². The molecule has 1 saturated heterocycles. The monoisotopic (exact) mass is 524 g/mol. The van der Waals surface area contributed by atoms with Crippen molar-refractivity contribution in [3.63, 3.8) is 0 Å². The van der Waals surface area contributed by atoms with Crippen LogP contribution in [0.15, 0.2) is 40.9 Å². The van der Waals surface area contributed by atoms with E-state index in [-0.39, 0.29) is 11.0 Å². The number of halogens is 2. The molecule has 0 bridgehead atoms. The molecule has 3 rings (SSSR count). The second kappa shape index (κ2) is 11.1. The van der Waals surface area contributed by atoms with Crippen LogP contribution in [0, 0.1) is 0 Å². The van der Waals surface area contributed by atoms with Gasteiger partial charge < -0.3 is 19.9 Å². The van der Waals surface area contributed by atoms with E-state index in [9.17, 15) is 4.79 Å². The molecular formula is C22H26BrClN4O2S. The maximum atomic E-state index is 12.6. The molecule has 1 aliphatic heterocycles. The first-order chi connectivity index (χ1) is 14.9. The summed E-state index contributed by atoms with van der Waals surface area (Å²) < 4.78 is 6.20. The molecule has 0 spiro atoms. The molecule has 1 amide bonds. The minimum absolute atomic E-state index is 0.214. The zero-order valence-corrected chi connectivity index (χ0v) is 20.7. The molecule has 0 atom stereocenters. The number of nitrogens with one attached hydrogen (secondary N) is 2. The van der Waals surface area contributed by atoms with Crippen LogP contribution < -0.4 is 20.3 Å². The Balaban J connectivity index is 1.69. The summed E-state index contributed by atoms with van der Waals surface area (Å²) in [6.45, 7) is 9.39. The van der Waals surface area contributed by atoms with Crippen molar-refractivity contribution in [3.05, 3.63) is 51.5 Å². The Morgan fingerprint density at radius 2 is 1.94 bits per heavy atom. The fraction of sp³-hybridized carbons (Fsp3) is 0.364. The Morgan fingerprint density at radius 3 is 2.58 bits per heavy atom. The normalized spacial score (nSPS) is 14.3. The van der Waals surface area contributed by atoms with Crippen LogP contribution in [0.3, 0.4) is 0 Å². The molecule has 1 aliphatic rings. The van der Waals surface area contributed by atoms with Crippen molar-refractivity contribution in [2.75, 3.05) is 49.5 Å². The zero-order valence-electron chi connectivity index (χ0n) is 17.6. The van der Waals surface area contributed by atoms with Gasteiger partial charge in [0.15, 0.2) is 5.11 Å². The first-order valence-electron chi connectivity index (χ1n) is 10.2. The van der Waals surface area contributed by atoms with Gasteiger partial charge in [-0.05, 0) is 71.9 Å². The number of carbonyl (C=O) groups is 1. The quantitative estimate of drug-likeness (QED) is 0.530. The van der Waals surface area contributed by atoms with Crippen LogP contribution in [0.2, 0.25) is 5.02 Å². The number of carbonyl (C=O) groups excluding carboxylic acids is 1. The number of hydrogen-bond acceptors (Lipinski definition) is 5. The lowest BCUT2D eigenvalue weighted by Gasteiger charge is -2.37. The molecule has 0 aromatic heterocycles. The molecule has 31 heavy (non-hydrogen) atoms. The first kappa shape index (κ1) is 23.8. The summed E-state index contributed by atoms with van der Waals surface area (Å²) in [6.07, 6.45) is 0. The van der Waals surface area contributed by atoms with Gasteiger partial charge >= 0.3 is 0 Å². The van der Waals surface area contributed by atoms with Crippen LogP contribution in [-0.4, -0.2) is 55.3 Å². The van der Waals surface area contributed by atoms with Crippen LogP contribution in [0.5, 0.6) is 5.75 Å². The van der Waals surface area contributed by atoms with Gasteiger partial charge in [-0.3, -0.25) is 10.1 Å². The van der Waals surface area contributed by atoms with E-state index in [0.717, 1.165) is 44.1 Å². The molecule has 0 radical (unpaired) electrons. The standard InChI is InChI=1S/C22H26BrClN4O2S/c1-3-27-10-12-28(13-11-27)20-17(24)6-5-7-18(20)25-22(31)26-21(29)15-8-9-19(30-4-2)16(23)14-15/h5-9,14H,3-4,10-13H2,1-2H3,(H2,25,26,29,31). The van der Waals surface area contributed by atoms with Gasteiger partial charge in [0.25, 0.3) is 5.91 Å². The minimum atomic E-state index is -0.304. The summed E-state index contributed by atoms with van der Waals surface area (Å²) in [5, 5.41) is 6.75. The highest BCUT2D eigenvalue weighted by Gasteiger charge is 2.21. The molecule has 1 fully saturated rings. The molecule has 0 saturated carbocycles. The summed E-state index contributed by atoms with van der Waals surface area (Å²) in [6, 6.07) is 10.8. The highest BCUT2D eigenvalue weighted by molar-refractivity contribution is 9.10. The van der Waals surface area contributed by atoms with Gasteiger partial charge in [-0.2, -0.15) is 0 Å². The Morgan fingerprint density at radius 1 is 1.19 bits per heavy atom. The molecule has 0 aliphatic carbocycles. The summed E-state index contributed by atoms with van der Waals surface area (Å²) >= 11 is 15.4. The largest absolute Gasteiger partial charge is 0.493 e. The first-order valence-corrected chi connectivity index (χ1v) is 11.8. The number of para-hydroxylation sites is 1. The van der Waals surface area contributed by atoms with E-state index in [0.29, 0.717) is 27.4 Å².